The van der Waals surface area contributed by atoms with Gasteiger partial charge < -0.3 is 19.7 Å². The molecular formula is C18H24F2N2O2. The van der Waals surface area contributed by atoms with Gasteiger partial charge in [-0.3, -0.25) is 0 Å². The van der Waals surface area contributed by atoms with Gasteiger partial charge in [0, 0.05) is 44.1 Å². The summed E-state index contributed by atoms with van der Waals surface area (Å²) in [6.07, 6.45) is 4.94. The summed E-state index contributed by atoms with van der Waals surface area (Å²) in [5, 5.41) is 3.71. The van der Waals surface area contributed by atoms with E-state index in [4.69, 9.17) is 9.47 Å². The van der Waals surface area contributed by atoms with Crippen LogP contribution in [0.1, 0.15) is 32.1 Å². The number of anilines is 1. The number of rotatable bonds is 3. The van der Waals surface area contributed by atoms with Gasteiger partial charge in [0.05, 0.1) is 18.9 Å². The lowest BCUT2D eigenvalue weighted by Gasteiger charge is -2.36. The zero-order chi connectivity index (χ0) is 16.6. The van der Waals surface area contributed by atoms with Gasteiger partial charge >= 0.3 is 0 Å². The number of nitrogens with one attached hydrogen (secondary N) is 1. The Hall–Kier alpha value is -1.24. The largest absolute Gasteiger partial charge is 0.368 e. The van der Waals surface area contributed by atoms with Crippen molar-refractivity contribution in [2.24, 2.45) is 0 Å². The van der Waals surface area contributed by atoms with Crippen LogP contribution < -0.4 is 10.2 Å². The van der Waals surface area contributed by atoms with Crippen molar-refractivity contribution in [1.82, 2.24) is 5.32 Å². The van der Waals surface area contributed by atoms with Crippen molar-refractivity contribution in [3.63, 3.8) is 0 Å². The fourth-order valence-corrected chi connectivity index (χ4v) is 4.20. The average Bonchev–Trinajstić information content (AvgIpc) is 3.20. The molecule has 1 atom stereocenters. The molecule has 2 saturated heterocycles. The minimum Gasteiger partial charge on any atom is -0.368 e. The van der Waals surface area contributed by atoms with Gasteiger partial charge in [0.15, 0.2) is 5.79 Å². The third kappa shape index (κ3) is 3.27. The molecule has 3 fully saturated rings. The van der Waals surface area contributed by atoms with E-state index in [2.05, 4.69) is 5.32 Å². The molecule has 4 nitrogen and oxygen atoms in total. The molecule has 1 N–H and O–H groups in total. The zero-order valence-electron chi connectivity index (χ0n) is 13.8. The molecule has 1 spiro atoms. The van der Waals surface area contributed by atoms with Gasteiger partial charge in [0.1, 0.15) is 11.6 Å². The number of halogens is 2. The quantitative estimate of drug-likeness (QED) is 0.919. The van der Waals surface area contributed by atoms with E-state index in [0.29, 0.717) is 31.0 Å². The Kier molecular flexibility index (Phi) is 4.45. The number of hydrogen-bond donors (Lipinski definition) is 1. The number of ether oxygens (including phenoxy) is 2. The lowest BCUT2D eigenvalue weighted by molar-refractivity contribution is -0.179. The minimum atomic E-state index is -0.530. The van der Waals surface area contributed by atoms with Crippen LogP contribution in [0.3, 0.4) is 0 Å². The van der Waals surface area contributed by atoms with Gasteiger partial charge in [-0.2, -0.15) is 0 Å². The molecule has 0 unspecified atom stereocenters. The van der Waals surface area contributed by atoms with Crippen molar-refractivity contribution in [1.29, 1.82) is 0 Å². The molecule has 3 aliphatic rings. The highest BCUT2D eigenvalue weighted by Crippen LogP contribution is 2.36. The Bertz CT molecular complexity index is 582. The van der Waals surface area contributed by atoms with Crippen molar-refractivity contribution in [2.45, 2.75) is 50.0 Å². The molecule has 2 heterocycles. The Morgan fingerprint density at radius 3 is 2.50 bits per heavy atom. The smallest absolute Gasteiger partial charge is 0.168 e. The normalized spacial score (nSPS) is 27.2. The summed E-state index contributed by atoms with van der Waals surface area (Å²) in [4.78, 5) is 2.00. The molecule has 6 heteroatoms. The van der Waals surface area contributed by atoms with Crippen molar-refractivity contribution in [2.75, 3.05) is 31.2 Å². The Morgan fingerprint density at radius 1 is 1.04 bits per heavy atom. The summed E-state index contributed by atoms with van der Waals surface area (Å²) >= 11 is 0. The first-order valence-electron chi connectivity index (χ1n) is 8.88. The molecule has 1 aromatic rings. The van der Waals surface area contributed by atoms with E-state index in [1.807, 2.05) is 4.90 Å². The summed E-state index contributed by atoms with van der Waals surface area (Å²) < 4.78 is 38.5. The highest BCUT2D eigenvalue weighted by Gasteiger charge is 2.40. The second kappa shape index (κ2) is 6.58. The van der Waals surface area contributed by atoms with E-state index in [1.54, 1.807) is 0 Å². The van der Waals surface area contributed by atoms with E-state index < -0.39 is 11.6 Å². The molecule has 1 aromatic carbocycles. The highest BCUT2D eigenvalue weighted by molar-refractivity contribution is 5.49. The van der Waals surface area contributed by atoms with Gasteiger partial charge in [-0.1, -0.05) is 0 Å². The van der Waals surface area contributed by atoms with Crippen LogP contribution in [0.2, 0.25) is 0 Å². The molecule has 2 aliphatic heterocycles. The predicted octanol–water partition coefficient (Wildman–Crippen LogP) is 2.82. The fourth-order valence-electron chi connectivity index (χ4n) is 4.20. The van der Waals surface area contributed by atoms with Gasteiger partial charge in [-0.05, 0) is 31.4 Å². The summed E-state index contributed by atoms with van der Waals surface area (Å²) in [7, 11) is 0. The van der Waals surface area contributed by atoms with Crippen LogP contribution in [-0.4, -0.2) is 44.2 Å². The Balaban J connectivity index is 1.30. The molecule has 132 valence electrons. The maximum atomic E-state index is 13.9. The average molecular weight is 338 g/mol. The molecule has 0 radical (unpaired) electrons. The van der Waals surface area contributed by atoms with Crippen LogP contribution in [0.15, 0.2) is 18.2 Å². The SMILES string of the molecule is Fc1ccc(N2CC[C@@H](NC3CCC4(CC3)OCCO4)C2)c(F)c1. The third-order valence-electron chi connectivity index (χ3n) is 5.47. The van der Waals surface area contributed by atoms with Crippen molar-refractivity contribution >= 4 is 5.69 Å². The fraction of sp³-hybridized carbons (Fsp3) is 0.667. The van der Waals surface area contributed by atoms with Crippen molar-refractivity contribution < 1.29 is 18.3 Å². The second-order valence-electron chi connectivity index (χ2n) is 7.08. The van der Waals surface area contributed by atoms with Crippen LogP contribution in [0.5, 0.6) is 0 Å². The molecule has 1 saturated carbocycles. The lowest BCUT2D eigenvalue weighted by atomic mass is 9.89. The van der Waals surface area contributed by atoms with Crippen LogP contribution in [0.25, 0.3) is 0 Å². The van der Waals surface area contributed by atoms with E-state index in [-0.39, 0.29) is 5.79 Å². The first kappa shape index (κ1) is 16.2. The highest BCUT2D eigenvalue weighted by atomic mass is 19.1. The molecule has 24 heavy (non-hydrogen) atoms. The third-order valence-corrected chi connectivity index (χ3v) is 5.47. The standard InChI is InChI=1S/C18H24F2N2O2/c19-13-1-2-17(16(20)11-13)22-8-5-15(12-22)21-14-3-6-18(7-4-14)23-9-10-24-18/h1-2,11,14-15,21H,3-10,12H2/t15-/m1/s1. The molecule has 0 aromatic heterocycles. The summed E-state index contributed by atoms with van der Waals surface area (Å²) in [6.45, 7) is 2.97. The number of benzene rings is 1. The first-order valence-corrected chi connectivity index (χ1v) is 8.88. The van der Waals surface area contributed by atoms with E-state index in [0.717, 1.165) is 51.3 Å². The first-order chi connectivity index (χ1) is 11.6. The van der Waals surface area contributed by atoms with Crippen LogP contribution in [0, 0.1) is 11.6 Å². The zero-order valence-corrected chi connectivity index (χ0v) is 13.8. The molecule has 4 rings (SSSR count). The van der Waals surface area contributed by atoms with Crippen LogP contribution in [0.4, 0.5) is 14.5 Å². The van der Waals surface area contributed by atoms with Gasteiger partial charge in [0.2, 0.25) is 0 Å². The van der Waals surface area contributed by atoms with Gasteiger partial charge in [-0.15, -0.1) is 0 Å². The summed E-state index contributed by atoms with van der Waals surface area (Å²) in [6, 6.07) is 4.62. The molecule has 0 bridgehead atoms. The monoisotopic (exact) mass is 338 g/mol. The molecule has 0 amide bonds. The van der Waals surface area contributed by atoms with Crippen LogP contribution in [-0.2, 0) is 9.47 Å². The van der Waals surface area contributed by atoms with E-state index in [1.165, 1.54) is 12.1 Å². The van der Waals surface area contributed by atoms with Crippen molar-refractivity contribution in [3.05, 3.63) is 29.8 Å². The second-order valence-corrected chi connectivity index (χ2v) is 7.08. The maximum absolute atomic E-state index is 13.9. The van der Waals surface area contributed by atoms with Gasteiger partial charge in [-0.25, -0.2) is 8.78 Å². The lowest BCUT2D eigenvalue weighted by Crippen LogP contribution is -2.46. The maximum Gasteiger partial charge on any atom is 0.168 e. The minimum absolute atomic E-state index is 0.322. The Labute approximate surface area is 141 Å². The van der Waals surface area contributed by atoms with Gasteiger partial charge in [0.25, 0.3) is 0 Å². The number of nitrogens with zero attached hydrogens (tertiary/aromatic N) is 1. The summed E-state index contributed by atoms with van der Waals surface area (Å²) in [5.74, 6) is -1.33. The molecular weight excluding hydrogens is 314 g/mol. The van der Waals surface area contributed by atoms with E-state index in [9.17, 15) is 8.78 Å². The Morgan fingerprint density at radius 2 is 1.79 bits per heavy atom. The van der Waals surface area contributed by atoms with Crippen molar-refractivity contribution in [3.8, 4) is 0 Å². The topological polar surface area (TPSA) is 33.7 Å². The van der Waals surface area contributed by atoms with E-state index >= 15 is 0 Å². The number of hydrogen-bond acceptors (Lipinski definition) is 4. The summed E-state index contributed by atoms with van der Waals surface area (Å²) in [5.41, 5.74) is 0.496. The van der Waals surface area contributed by atoms with Crippen LogP contribution >= 0.6 is 0 Å². The molecule has 1 aliphatic carbocycles. The predicted molar refractivity (Wildman–Crippen MR) is 87.0 cm³/mol.